The highest BCUT2D eigenvalue weighted by molar-refractivity contribution is 9.11. The van der Waals surface area contributed by atoms with Crippen LogP contribution in [0.3, 0.4) is 0 Å². The van der Waals surface area contributed by atoms with Crippen LogP contribution in [0, 0.1) is 0 Å². The molecular formula is C11H14Br3NO2S. The Balaban J connectivity index is 3.14. The van der Waals surface area contributed by atoms with Crippen molar-refractivity contribution in [3.05, 3.63) is 27.1 Å². The van der Waals surface area contributed by atoms with Gasteiger partial charge >= 0.3 is 0 Å². The highest BCUT2D eigenvalue weighted by Crippen LogP contribution is 2.28. The summed E-state index contributed by atoms with van der Waals surface area (Å²) in [5.74, 6) is 0. The second-order valence-electron chi connectivity index (χ2n) is 3.61. The molecule has 0 amide bonds. The van der Waals surface area contributed by atoms with Gasteiger partial charge in [-0.2, -0.15) is 4.31 Å². The summed E-state index contributed by atoms with van der Waals surface area (Å²) in [4.78, 5) is 0.299. The molecular weight excluding hydrogens is 450 g/mol. The average molecular weight is 464 g/mol. The van der Waals surface area contributed by atoms with Gasteiger partial charge in [-0.3, -0.25) is 0 Å². The first-order chi connectivity index (χ1) is 8.43. The third-order valence-electron chi connectivity index (χ3n) is 2.40. The van der Waals surface area contributed by atoms with Crippen LogP contribution >= 0.6 is 47.8 Å². The van der Waals surface area contributed by atoms with Crippen molar-refractivity contribution >= 4 is 57.8 Å². The molecule has 0 N–H and O–H groups in total. The van der Waals surface area contributed by atoms with Crippen molar-refractivity contribution in [2.45, 2.75) is 18.2 Å². The third-order valence-corrected chi connectivity index (χ3v) is 6.43. The van der Waals surface area contributed by atoms with Crippen LogP contribution in [-0.2, 0) is 10.0 Å². The fourth-order valence-electron chi connectivity index (χ4n) is 1.50. The van der Waals surface area contributed by atoms with Crippen molar-refractivity contribution in [2.24, 2.45) is 0 Å². The van der Waals surface area contributed by atoms with E-state index in [-0.39, 0.29) is 0 Å². The number of hydrogen-bond acceptors (Lipinski definition) is 2. The van der Waals surface area contributed by atoms with E-state index in [1.807, 2.05) is 6.92 Å². The minimum absolute atomic E-state index is 0.299. The summed E-state index contributed by atoms with van der Waals surface area (Å²) >= 11 is 9.92. The number of alkyl halides is 1. The Morgan fingerprint density at radius 2 is 1.94 bits per heavy atom. The molecule has 0 aliphatic rings. The Morgan fingerprint density at radius 3 is 2.50 bits per heavy atom. The zero-order valence-electron chi connectivity index (χ0n) is 9.87. The summed E-state index contributed by atoms with van der Waals surface area (Å²) in [5, 5.41) is 0.790. The number of nitrogens with zero attached hydrogens (tertiary/aromatic N) is 1. The number of benzene rings is 1. The van der Waals surface area contributed by atoms with Gasteiger partial charge in [0.2, 0.25) is 10.0 Å². The molecule has 0 aliphatic carbocycles. The summed E-state index contributed by atoms with van der Waals surface area (Å²) in [6.45, 7) is 2.83. The van der Waals surface area contributed by atoms with Gasteiger partial charge in [0.15, 0.2) is 0 Å². The molecule has 0 atom stereocenters. The molecule has 0 fully saturated rings. The first-order valence-corrected chi connectivity index (χ1v) is 9.59. The maximum atomic E-state index is 12.5. The van der Waals surface area contributed by atoms with Gasteiger partial charge in [-0.05, 0) is 40.5 Å². The molecule has 0 unspecified atom stereocenters. The normalized spacial score (nSPS) is 12.1. The van der Waals surface area contributed by atoms with E-state index in [1.54, 1.807) is 18.2 Å². The monoisotopic (exact) mass is 461 g/mol. The zero-order chi connectivity index (χ0) is 13.8. The van der Waals surface area contributed by atoms with E-state index >= 15 is 0 Å². The summed E-state index contributed by atoms with van der Waals surface area (Å²) in [7, 11) is -3.44. The predicted octanol–water partition coefficient (Wildman–Crippen LogP) is 4.01. The van der Waals surface area contributed by atoms with Crippen LogP contribution in [0.2, 0.25) is 0 Å². The summed E-state index contributed by atoms with van der Waals surface area (Å²) in [6, 6.07) is 5.16. The molecule has 0 heterocycles. The van der Waals surface area contributed by atoms with Gasteiger partial charge in [-0.15, -0.1) is 0 Å². The Bertz CT molecular complexity index is 505. The molecule has 0 radical (unpaired) electrons. The van der Waals surface area contributed by atoms with Gasteiger partial charge in [0.25, 0.3) is 0 Å². The van der Waals surface area contributed by atoms with E-state index in [4.69, 9.17) is 0 Å². The van der Waals surface area contributed by atoms with Crippen molar-refractivity contribution in [3.63, 3.8) is 0 Å². The Kier molecular flexibility index (Phi) is 6.81. The Labute approximate surface area is 133 Å². The maximum Gasteiger partial charge on any atom is 0.244 e. The molecule has 0 aliphatic heterocycles. The quantitative estimate of drug-likeness (QED) is 0.598. The van der Waals surface area contributed by atoms with Crippen molar-refractivity contribution in [3.8, 4) is 0 Å². The van der Waals surface area contributed by atoms with Crippen LogP contribution in [0.1, 0.15) is 13.3 Å². The van der Waals surface area contributed by atoms with E-state index in [9.17, 15) is 8.42 Å². The first-order valence-electron chi connectivity index (χ1n) is 5.44. The van der Waals surface area contributed by atoms with Crippen LogP contribution in [0.5, 0.6) is 0 Å². The summed E-state index contributed by atoms with van der Waals surface area (Å²) in [5.41, 5.74) is 0. The minimum atomic E-state index is -3.44. The van der Waals surface area contributed by atoms with Crippen LogP contribution in [-0.4, -0.2) is 31.1 Å². The number of sulfonamides is 1. The molecule has 0 saturated heterocycles. The molecule has 102 valence electrons. The molecule has 0 saturated carbocycles. The van der Waals surface area contributed by atoms with E-state index in [2.05, 4.69) is 47.8 Å². The highest BCUT2D eigenvalue weighted by atomic mass is 79.9. The first kappa shape index (κ1) is 16.6. The van der Waals surface area contributed by atoms with Crippen molar-refractivity contribution in [2.75, 3.05) is 18.4 Å². The molecule has 1 aromatic rings. The van der Waals surface area contributed by atoms with E-state index in [1.165, 1.54) is 4.31 Å². The lowest BCUT2D eigenvalue weighted by Gasteiger charge is -2.21. The van der Waals surface area contributed by atoms with Gasteiger partial charge in [-0.1, -0.05) is 38.8 Å². The lowest BCUT2D eigenvalue weighted by Crippen LogP contribution is -2.32. The smallest absolute Gasteiger partial charge is 0.207 e. The standard InChI is InChI=1S/C11H14Br3NO2S/c1-2-15(7-3-6-12)18(16,17)11-8-9(13)4-5-10(11)14/h4-5,8H,2-3,6-7H2,1H3. The molecule has 7 heteroatoms. The number of rotatable bonds is 6. The zero-order valence-corrected chi connectivity index (χ0v) is 15.4. The molecule has 0 spiro atoms. The van der Waals surface area contributed by atoms with Crippen LogP contribution < -0.4 is 0 Å². The van der Waals surface area contributed by atoms with E-state index < -0.39 is 10.0 Å². The molecule has 0 bridgehead atoms. The molecule has 1 rings (SSSR count). The van der Waals surface area contributed by atoms with Crippen molar-refractivity contribution in [1.82, 2.24) is 4.31 Å². The molecule has 3 nitrogen and oxygen atoms in total. The SMILES string of the molecule is CCN(CCCBr)S(=O)(=O)c1cc(Br)ccc1Br. The summed E-state index contributed by atoms with van der Waals surface area (Å²) < 4.78 is 27.8. The average Bonchev–Trinajstić information content (AvgIpc) is 2.33. The predicted molar refractivity (Wildman–Crippen MR) is 84.7 cm³/mol. The fourth-order valence-corrected chi connectivity index (χ4v) is 4.70. The van der Waals surface area contributed by atoms with Crippen molar-refractivity contribution in [1.29, 1.82) is 0 Å². The number of halogens is 3. The van der Waals surface area contributed by atoms with Gasteiger partial charge in [0.05, 0.1) is 4.90 Å². The van der Waals surface area contributed by atoms with Gasteiger partial charge in [0, 0.05) is 27.4 Å². The molecule has 1 aromatic carbocycles. The van der Waals surface area contributed by atoms with E-state index in [0.717, 1.165) is 16.2 Å². The minimum Gasteiger partial charge on any atom is -0.207 e. The third kappa shape index (κ3) is 4.03. The van der Waals surface area contributed by atoms with Crippen LogP contribution in [0.25, 0.3) is 0 Å². The topological polar surface area (TPSA) is 37.4 Å². The highest BCUT2D eigenvalue weighted by Gasteiger charge is 2.25. The Morgan fingerprint density at radius 1 is 1.28 bits per heavy atom. The van der Waals surface area contributed by atoms with Crippen molar-refractivity contribution < 1.29 is 8.42 Å². The lowest BCUT2D eigenvalue weighted by atomic mass is 10.4. The lowest BCUT2D eigenvalue weighted by molar-refractivity contribution is 0.428. The maximum absolute atomic E-state index is 12.5. The van der Waals surface area contributed by atoms with Gasteiger partial charge in [-0.25, -0.2) is 8.42 Å². The van der Waals surface area contributed by atoms with E-state index in [0.29, 0.717) is 22.5 Å². The Hall–Kier alpha value is 0.570. The van der Waals surface area contributed by atoms with Gasteiger partial charge < -0.3 is 0 Å². The fraction of sp³-hybridized carbons (Fsp3) is 0.455. The largest absolute Gasteiger partial charge is 0.244 e. The summed E-state index contributed by atoms with van der Waals surface area (Å²) in [6.07, 6.45) is 0.790. The van der Waals surface area contributed by atoms with Crippen LogP contribution in [0.15, 0.2) is 32.0 Å². The van der Waals surface area contributed by atoms with Crippen LogP contribution in [0.4, 0.5) is 0 Å². The number of hydrogen-bond donors (Lipinski definition) is 0. The van der Waals surface area contributed by atoms with Gasteiger partial charge in [0.1, 0.15) is 0 Å². The molecule has 0 aromatic heterocycles. The second-order valence-corrected chi connectivity index (χ2v) is 8.08. The second kappa shape index (κ2) is 7.38. The molecule has 18 heavy (non-hydrogen) atoms.